The number of benzene rings is 2. The smallest absolute Gasteiger partial charge is 0.234 e. The van der Waals surface area contributed by atoms with E-state index in [9.17, 15) is 4.79 Å². The summed E-state index contributed by atoms with van der Waals surface area (Å²) in [4.78, 5) is 16.6. The van der Waals surface area contributed by atoms with Gasteiger partial charge in [-0.15, -0.1) is 10.2 Å². The number of nitrogens with zero attached hydrogens (tertiary/aromatic N) is 5. The summed E-state index contributed by atoms with van der Waals surface area (Å²) in [7, 11) is 1.91. The average molecular weight is 457 g/mol. The van der Waals surface area contributed by atoms with Crippen LogP contribution >= 0.6 is 27.7 Å². The van der Waals surface area contributed by atoms with Gasteiger partial charge in [0, 0.05) is 17.2 Å². The standard InChI is InChI=1S/C19H17BrN6OS/c1-25-17(10-26-12-21-15-4-2-3-5-16(15)26)23-24-19(25)28-11-18(27)22-14-8-6-13(20)7-9-14/h2-9,12H,10-11H2,1H3,(H,22,27). The Morgan fingerprint density at radius 3 is 2.75 bits per heavy atom. The van der Waals surface area contributed by atoms with Crippen LogP contribution in [0.2, 0.25) is 0 Å². The molecule has 0 saturated heterocycles. The molecule has 0 fully saturated rings. The lowest BCUT2D eigenvalue weighted by molar-refractivity contribution is -0.113. The van der Waals surface area contributed by atoms with Crippen molar-refractivity contribution in [2.45, 2.75) is 11.7 Å². The minimum absolute atomic E-state index is 0.0857. The molecule has 0 unspecified atom stereocenters. The van der Waals surface area contributed by atoms with Gasteiger partial charge in [0.05, 0.1) is 29.7 Å². The van der Waals surface area contributed by atoms with E-state index in [1.807, 2.05) is 64.7 Å². The van der Waals surface area contributed by atoms with Crippen molar-refractivity contribution in [1.82, 2.24) is 24.3 Å². The number of fused-ring (bicyclic) bond motifs is 1. The first kappa shape index (κ1) is 18.7. The minimum Gasteiger partial charge on any atom is -0.325 e. The molecule has 0 aliphatic heterocycles. The lowest BCUT2D eigenvalue weighted by Crippen LogP contribution is -2.14. The van der Waals surface area contributed by atoms with E-state index in [0.717, 1.165) is 27.0 Å². The number of halogens is 1. The number of hydrogen-bond acceptors (Lipinski definition) is 5. The summed E-state index contributed by atoms with van der Waals surface area (Å²) in [6.07, 6.45) is 1.80. The predicted octanol–water partition coefficient (Wildman–Crippen LogP) is 3.71. The van der Waals surface area contributed by atoms with Crippen LogP contribution in [0.1, 0.15) is 5.82 Å². The van der Waals surface area contributed by atoms with Gasteiger partial charge < -0.3 is 14.5 Å². The first-order chi connectivity index (χ1) is 13.6. The first-order valence-electron chi connectivity index (χ1n) is 8.56. The SMILES string of the molecule is Cn1c(Cn2cnc3ccccc32)nnc1SCC(=O)Nc1ccc(Br)cc1. The van der Waals surface area contributed by atoms with Gasteiger partial charge in [-0.2, -0.15) is 0 Å². The van der Waals surface area contributed by atoms with Gasteiger partial charge in [-0.25, -0.2) is 4.98 Å². The fraction of sp³-hybridized carbons (Fsp3) is 0.158. The Balaban J connectivity index is 1.39. The van der Waals surface area contributed by atoms with E-state index in [1.165, 1.54) is 11.8 Å². The zero-order valence-electron chi connectivity index (χ0n) is 15.0. The molecule has 2 heterocycles. The second kappa shape index (κ2) is 8.15. The normalized spacial score (nSPS) is 11.1. The molecule has 4 aromatic rings. The highest BCUT2D eigenvalue weighted by Gasteiger charge is 2.13. The number of imidazole rings is 1. The molecule has 7 nitrogen and oxygen atoms in total. The third-order valence-corrected chi connectivity index (χ3v) is 5.77. The number of anilines is 1. The number of para-hydroxylation sites is 2. The van der Waals surface area contributed by atoms with E-state index in [-0.39, 0.29) is 11.7 Å². The van der Waals surface area contributed by atoms with Crippen molar-refractivity contribution < 1.29 is 4.79 Å². The quantitative estimate of drug-likeness (QED) is 0.447. The van der Waals surface area contributed by atoms with Crippen LogP contribution in [0.3, 0.4) is 0 Å². The minimum atomic E-state index is -0.0857. The Kier molecular flexibility index (Phi) is 5.45. The number of hydrogen-bond donors (Lipinski definition) is 1. The molecular formula is C19H17BrN6OS. The van der Waals surface area contributed by atoms with Crippen LogP contribution in [0, 0.1) is 0 Å². The van der Waals surface area contributed by atoms with Crippen molar-refractivity contribution in [3.8, 4) is 0 Å². The molecule has 0 bridgehead atoms. The molecule has 1 amide bonds. The number of nitrogens with one attached hydrogen (secondary N) is 1. The molecule has 0 spiro atoms. The fourth-order valence-electron chi connectivity index (χ4n) is 2.76. The topological polar surface area (TPSA) is 77.6 Å². The van der Waals surface area contributed by atoms with E-state index in [1.54, 1.807) is 6.33 Å². The van der Waals surface area contributed by atoms with Gasteiger partial charge in [-0.3, -0.25) is 4.79 Å². The van der Waals surface area contributed by atoms with E-state index >= 15 is 0 Å². The average Bonchev–Trinajstić information content (AvgIpc) is 3.27. The highest BCUT2D eigenvalue weighted by Crippen LogP contribution is 2.19. The van der Waals surface area contributed by atoms with Crippen LogP contribution < -0.4 is 5.32 Å². The Hall–Kier alpha value is -2.65. The molecule has 0 aliphatic carbocycles. The van der Waals surface area contributed by atoms with Crippen molar-refractivity contribution in [2.75, 3.05) is 11.1 Å². The van der Waals surface area contributed by atoms with E-state index in [2.05, 4.69) is 36.4 Å². The van der Waals surface area contributed by atoms with Crippen molar-refractivity contribution in [3.63, 3.8) is 0 Å². The second-order valence-electron chi connectivity index (χ2n) is 6.16. The zero-order valence-corrected chi connectivity index (χ0v) is 17.4. The lowest BCUT2D eigenvalue weighted by atomic mass is 10.3. The summed E-state index contributed by atoms with van der Waals surface area (Å²) in [5.41, 5.74) is 2.76. The van der Waals surface area contributed by atoms with Gasteiger partial charge in [0.1, 0.15) is 0 Å². The molecule has 0 aliphatic rings. The highest BCUT2D eigenvalue weighted by molar-refractivity contribution is 9.10. The molecule has 142 valence electrons. The molecule has 1 N–H and O–H groups in total. The Bertz CT molecular complexity index is 1120. The number of thioether (sulfide) groups is 1. The molecule has 0 radical (unpaired) electrons. The maximum atomic E-state index is 12.2. The van der Waals surface area contributed by atoms with Crippen molar-refractivity contribution >= 4 is 50.3 Å². The lowest BCUT2D eigenvalue weighted by Gasteiger charge is -2.06. The monoisotopic (exact) mass is 456 g/mol. The van der Waals surface area contributed by atoms with Gasteiger partial charge in [-0.05, 0) is 36.4 Å². The summed E-state index contributed by atoms with van der Waals surface area (Å²) in [6, 6.07) is 15.4. The maximum Gasteiger partial charge on any atom is 0.234 e. The summed E-state index contributed by atoms with van der Waals surface area (Å²) in [6.45, 7) is 0.565. The third kappa shape index (κ3) is 4.10. The molecule has 0 saturated carbocycles. The number of amides is 1. The molecule has 2 aromatic heterocycles. The second-order valence-corrected chi connectivity index (χ2v) is 8.02. The largest absolute Gasteiger partial charge is 0.325 e. The third-order valence-electron chi connectivity index (χ3n) is 4.22. The van der Waals surface area contributed by atoms with Crippen molar-refractivity contribution in [1.29, 1.82) is 0 Å². The van der Waals surface area contributed by atoms with Gasteiger partial charge in [0.15, 0.2) is 11.0 Å². The maximum absolute atomic E-state index is 12.2. The summed E-state index contributed by atoms with van der Waals surface area (Å²) in [5, 5.41) is 12.1. The van der Waals surface area contributed by atoms with E-state index in [4.69, 9.17) is 0 Å². The molecule has 9 heteroatoms. The van der Waals surface area contributed by atoms with Gasteiger partial charge in [0.2, 0.25) is 5.91 Å². The Morgan fingerprint density at radius 1 is 1.14 bits per heavy atom. The van der Waals surface area contributed by atoms with E-state index in [0.29, 0.717) is 11.7 Å². The summed E-state index contributed by atoms with van der Waals surface area (Å²) >= 11 is 4.73. The Labute approximate surface area is 174 Å². The Morgan fingerprint density at radius 2 is 1.93 bits per heavy atom. The van der Waals surface area contributed by atoms with Crippen LogP contribution in [0.15, 0.2) is 64.5 Å². The van der Waals surface area contributed by atoms with Crippen LogP contribution in [-0.2, 0) is 18.4 Å². The molecule has 0 atom stereocenters. The van der Waals surface area contributed by atoms with Crippen molar-refractivity contribution in [3.05, 3.63) is 65.2 Å². The summed E-state index contributed by atoms with van der Waals surface area (Å²) < 4.78 is 4.91. The van der Waals surface area contributed by atoms with Crippen LogP contribution in [0.4, 0.5) is 5.69 Å². The van der Waals surface area contributed by atoms with Crippen LogP contribution in [0.5, 0.6) is 0 Å². The fourth-order valence-corrected chi connectivity index (χ4v) is 3.75. The van der Waals surface area contributed by atoms with Gasteiger partial charge >= 0.3 is 0 Å². The van der Waals surface area contributed by atoms with Crippen LogP contribution in [-0.4, -0.2) is 36.0 Å². The zero-order chi connectivity index (χ0) is 19.5. The molecule has 28 heavy (non-hydrogen) atoms. The van der Waals surface area contributed by atoms with Crippen LogP contribution in [0.25, 0.3) is 11.0 Å². The first-order valence-corrected chi connectivity index (χ1v) is 10.3. The molecule has 4 rings (SSSR count). The molecule has 2 aromatic carbocycles. The van der Waals surface area contributed by atoms with E-state index < -0.39 is 0 Å². The predicted molar refractivity (Wildman–Crippen MR) is 113 cm³/mol. The van der Waals surface area contributed by atoms with Gasteiger partial charge in [-0.1, -0.05) is 39.8 Å². The highest BCUT2D eigenvalue weighted by atomic mass is 79.9. The van der Waals surface area contributed by atoms with Crippen molar-refractivity contribution in [2.24, 2.45) is 7.05 Å². The molecular weight excluding hydrogens is 440 g/mol. The summed E-state index contributed by atoms with van der Waals surface area (Å²) in [5.74, 6) is 0.979. The number of carbonyl (C=O) groups is 1. The number of rotatable bonds is 6. The van der Waals surface area contributed by atoms with Gasteiger partial charge in [0.25, 0.3) is 0 Å². The number of carbonyl (C=O) groups excluding carboxylic acids is 1. The number of aromatic nitrogens is 5.